The number of piperidine rings is 1. The van der Waals surface area contributed by atoms with Crippen molar-refractivity contribution in [1.82, 2.24) is 14.9 Å². The molecule has 8 heteroatoms. The number of hydrogen-bond donors (Lipinski definition) is 3. The van der Waals surface area contributed by atoms with E-state index in [0.29, 0.717) is 23.1 Å². The van der Waals surface area contributed by atoms with Crippen molar-refractivity contribution < 1.29 is 14.6 Å². The maximum absolute atomic E-state index is 12.9. The Kier molecular flexibility index (Phi) is 7.39. The molecular weight excluding hydrogens is 430 g/mol. The van der Waals surface area contributed by atoms with Crippen molar-refractivity contribution in [2.24, 2.45) is 16.6 Å². The number of aliphatic hydroxyl groups excluding tert-OH is 1. The van der Waals surface area contributed by atoms with Gasteiger partial charge in [-0.3, -0.25) is 4.79 Å². The number of carbonyl (C=O) groups excluding carboxylic acids is 1. The molecule has 0 radical (unpaired) electrons. The molecule has 8 nitrogen and oxygen atoms in total. The number of H-pyrrole nitrogens is 1. The number of benzene rings is 2. The molecular formula is C26H29N5O3. The molecule has 4 rings (SSSR count). The van der Waals surface area contributed by atoms with Gasteiger partial charge in [-0.2, -0.15) is 0 Å². The minimum Gasteiger partial charge on any atom is -0.436 e. The number of para-hydroxylation sites is 2. The van der Waals surface area contributed by atoms with Crippen molar-refractivity contribution in [3.63, 3.8) is 0 Å². The number of fused-ring (bicyclic) bond motifs is 1. The maximum Gasteiger partial charge on any atom is 0.260 e. The Balaban J connectivity index is 1.52. The summed E-state index contributed by atoms with van der Waals surface area (Å²) < 4.78 is 6.00. The predicted octanol–water partition coefficient (Wildman–Crippen LogP) is 3.61. The van der Waals surface area contributed by atoms with Gasteiger partial charge in [0.05, 0.1) is 11.0 Å². The second kappa shape index (κ2) is 10.8. The molecule has 1 saturated heterocycles. The van der Waals surface area contributed by atoms with E-state index in [1.54, 1.807) is 30.3 Å². The van der Waals surface area contributed by atoms with Gasteiger partial charge in [0, 0.05) is 31.5 Å². The number of ketones is 1. The summed E-state index contributed by atoms with van der Waals surface area (Å²) in [6, 6.07) is 14.3. The van der Waals surface area contributed by atoms with E-state index in [9.17, 15) is 9.90 Å². The molecule has 2 heterocycles. The van der Waals surface area contributed by atoms with Gasteiger partial charge in [0.15, 0.2) is 11.6 Å². The second-order valence-electron chi connectivity index (χ2n) is 8.23. The quantitative estimate of drug-likeness (QED) is 0.256. The van der Waals surface area contributed by atoms with Gasteiger partial charge in [0.25, 0.3) is 5.88 Å². The van der Waals surface area contributed by atoms with Crippen LogP contribution >= 0.6 is 0 Å². The summed E-state index contributed by atoms with van der Waals surface area (Å²) in [5.41, 5.74) is 8.48. The van der Waals surface area contributed by atoms with Crippen LogP contribution in [-0.4, -0.2) is 51.7 Å². The van der Waals surface area contributed by atoms with Crippen molar-refractivity contribution in [3.05, 3.63) is 84.3 Å². The summed E-state index contributed by atoms with van der Waals surface area (Å²) in [6.07, 6.45) is 5.88. The Morgan fingerprint density at radius 2 is 2.09 bits per heavy atom. The summed E-state index contributed by atoms with van der Waals surface area (Å²) in [4.78, 5) is 26.7. The fourth-order valence-electron chi connectivity index (χ4n) is 4.09. The number of imidazole rings is 1. The van der Waals surface area contributed by atoms with Crippen LogP contribution in [0, 0.1) is 5.92 Å². The molecule has 1 aliphatic rings. The first kappa shape index (κ1) is 23.3. The molecule has 2 aromatic carbocycles. The second-order valence-corrected chi connectivity index (χ2v) is 8.23. The van der Waals surface area contributed by atoms with Crippen LogP contribution in [-0.2, 0) is 0 Å². The number of aliphatic hydroxyl groups is 1. The van der Waals surface area contributed by atoms with E-state index in [0.717, 1.165) is 43.4 Å². The molecule has 0 amide bonds. The number of allylic oxidation sites excluding steroid dienone is 1. The van der Waals surface area contributed by atoms with E-state index in [2.05, 4.69) is 21.5 Å². The van der Waals surface area contributed by atoms with E-state index in [-0.39, 0.29) is 24.1 Å². The lowest BCUT2D eigenvalue weighted by atomic mass is 9.95. The molecule has 0 saturated carbocycles. The number of nitrogens with two attached hydrogens (primary N) is 1. The molecule has 0 bridgehead atoms. The monoisotopic (exact) mass is 459 g/mol. The highest BCUT2D eigenvalue weighted by Crippen LogP contribution is 2.24. The molecule has 3 aromatic rings. The number of carbonyl (C=O) groups is 1. The normalized spacial score (nSPS) is 17.1. The molecule has 1 atom stereocenters. The molecule has 1 aromatic heterocycles. The Morgan fingerprint density at radius 1 is 1.29 bits per heavy atom. The first-order valence-electron chi connectivity index (χ1n) is 11.4. The number of aromatic nitrogens is 2. The van der Waals surface area contributed by atoms with E-state index in [1.165, 1.54) is 6.21 Å². The first-order chi connectivity index (χ1) is 16.6. The number of aromatic amines is 1. The summed E-state index contributed by atoms with van der Waals surface area (Å²) in [7, 11) is 0. The van der Waals surface area contributed by atoms with Gasteiger partial charge in [-0.25, -0.2) is 9.98 Å². The fourth-order valence-corrected chi connectivity index (χ4v) is 4.09. The SMILES string of the molecule is C=C/C=N\C(Oc1ccc(C(=O)c2nc3ccccc3[nH]2)cc1)=C(/N)N1CCC[C@H](CCO)C1. The van der Waals surface area contributed by atoms with Crippen LogP contribution in [0.2, 0.25) is 0 Å². The lowest BCUT2D eigenvalue weighted by Crippen LogP contribution is -2.39. The Hall–Kier alpha value is -3.91. The van der Waals surface area contributed by atoms with Crippen molar-refractivity contribution in [2.75, 3.05) is 19.7 Å². The van der Waals surface area contributed by atoms with Crippen LogP contribution in [0.4, 0.5) is 0 Å². The molecule has 4 N–H and O–H groups in total. The molecule has 0 spiro atoms. The number of nitrogens with zero attached hydrogens (tertiary/aromatic N) is 3. The zero-order valence-electron chi connectivity index (χ0n) is 19.0. The third-order valence-electron chi connectivity index (χ3n) is 5.85. The summed E-state index contributed by atoms with van der Waals surface area (Å²) in [5, 5.41) is 9.28. The average Bonchev–Trinajstić information content (AvgIpc) is 3.31. The zero-order valence-corrected chi connectivity index (χ0v) is 19.0. The number of rotatable bonds is 9. The smallest absolute Gasteiger partial charge is 0.260 e. The lowest BCUT2D eigenvalue weighted by molar-refractivity contribution is 0.103. The van der Waals surface area contributed by atoms with Crippen LogP contribution in [0.15, 0.2) is 77.9 Å². The third kappa shape index (κ3) is 5.35. The molecule has 0 unspecified atom stereocenters. The highest BCUT2D eigenvalue weighted by molar-refractivity contribution is 6.08. The topological polar surface area (TPSA) is 117 Å². The van der Waals surface area contributed by atoms with Crippen LogP contribution in [0.1, 0.15) is 35.4 Å². The molecule has 34 heavy (non-hydrogen) atoms. The van der Waals surface area contributed by atoms with Gasteiger partial charge < -0.3 is 25.5 Å². The van der Waals surface area contributed by atoms with Crippen LogP contribution in [0.3, 0.4) is 0 Å². The van der Waals surface area contributed by atoms with Crippen LogP contribution in [0.5, 0.6) is 5.75 Å². The van der Waals surface area contributed by atoms with Gasteiger partial charge in [-0.15, -0.1) is 0 Å². The number of ether oxygens (including phenoxy) is 1. The van der Waals surface area contributed by atoms with Crippen molar-refractivity contribution in [3.8, 4) is 5.75 Å². The summed E-state index contributed by atoms with van der Waals surface area (Å²) in [6.45, 7) is 5.38. The molecule has 0 aliphatic carbocycles. The fraction of sp³-hybridized carbons (Fsp3) is 0.269. The molecule has 1 fully saturated rings. The number of aliphatic imine (C=N–C) groups is 1. The van der Waals surface area contributed by atoms with Gasteiger partial charge in [-0.05, 0) is 61.6 Å². The zero-order chi connectivity index (χ0) is 23.9. The lowest BCUT2D eigenvalue weighted by Gasteiger charge is -2.34. The maximum atomic E-state index is 12.9. The van der Waals surface area contributed by atoms with E-state index >= 15 is 0 Å². The Bertz CT molecular complexity index is 1180. The summed E-state index contributed by atoms with van der Waals surface area (Å²) >= 11 is 0. The third-order valence-corrected chi connectivity index (χ3v) is 5.85. The standard InChI is InChI=1S/C26H29N5O3/c1-2-14-28-26(24(27)31-15-5-6-18(17-31)13-16-32)34-20-11-9-19(10-12-20)23(33)25-29-21-7-3-4-8-22(21)30-25/h2-4,7-12,14,18,32H,1,5-6,13,15-17,27H2,(H,29,30)/b26-24-,28-14-/t18-/m1/s1. The van der Waals surface area contributed by atoms with Crippen LogP contribution < -0.4 is 10.5 Å². The first-order valence-corrected chi connectivity index (χ1v) is 11.4. The largest absolute Gasteiger partial charge is 0.436 e. The van der Waals surface area contributed by atoms with E-state index in [1.807, 2.05) is 29.2 Å². The van der Waals surface area contributed by atoms with E-state index < -0.39 is 0 Å². The van der Waals surface area contributed by atoms with Gasteiger partial charge in [0.1, 0.15) is 5.75 Å². The van der Waals surface area contributed by atoms with Crippen LogP contribution in [0.25, 0.3) is 11.0 Å². The number of nitrogens with one attached hydrogen (secondary N) is 1. The minimum atomic E-state index is -0.203. The van der Waals surface area contributed by atoms with Gasteiger partial charge >= 0.3 is 0 Å². The average molecular weight is 460 g/mol. The highest BCUT2D eigenvalue weighted by atomic mass is 16.5. The highest BCUT2D eigenvalue weighted by Gasteiger charge is 2.23. The van der Waals surface area contributed by atoms with Gasteiger partial charge in [-0.1, -0.05) is 24.8 Å². The number of hydrogen-bond acceptors (Lipinski definition) is 7. The summed E-state index contributed by atoms with van der Waals surface area (Å²) in [5.74, 6) is 1.67. The molecule has 176 valence electrons. The predicted molar refractivity (Wildman–Crippen MR) is 132 cm³/mol. The minimum absolute atomic E-state index is 0.166. The molecule has 1 aliphatic heterocycles. The Morgan fingerprint density at radius 3 is 2.82 bits per heavy atom. The van der Waals surface area contributed by atoms with Gasteiger partial charge in [0.2, 0.25) is 5.78 Å². The number of likely N-dealkylation sites (tertiary alicyclic amines) is 1. The van der Waals surface area contributed by atoms with Crippen molar-refractivity contribution >= 4 is 23.0 Å². The van der Waals surface area contributed by atoms with Crippen molar-refractivity contribution in [1.29, 1.82) is 0 Å². The van der Waals surface area contributed by atoms with E-state index in [4.69, 9.17) is 10.5 Å². The van der Waals surface area contributed by atoms with Crippen molar-refractivity contribution in [2.45, 2.75) is 19.3 Å². The Labute approximate surface area is 198 Å².